The number of carbonyl (C=O) groups is 1. The zero-order chi connectivity index (χ0) is 12.6. The molecule has 1 atom stereocenters. The molecule has 0 aromatic carbocycles. The van der Waals surface area contributed by atoms with Crippen molar-refractivity contribution in [2.75, 3.05) is 19.7 Å². The van der Waals surface area contributed by atoms with Gasteiger partial charge in [-0.25, -0.2) is 0 Å². The second-order valence-corrected chi connectivity index (χ2v) is 5.30. The normalized spacial score (nSPS) is 13.8. The Labute approximate surface area is 98.1 Å². The molecule has 0 fully saturated rings. The maximum absolute atomic E-state index is 10.5. The molecule has 0 heterocycles. The lowest BCUT2D eigenvalue weighted by molar-refractivity contribution is -0.137. The molecule has 0 amide bonds. The highest BCUT2D eigenvalue weighted by Crippen LogP contribution is 2.25. The van der Waals surface area contributed by atoms with E-state index in [0.717, 1.165) is 19.5 Å². The monoisotopic (exact) mass is 231 g/mol. The van der Waals surface area contributed by atoms with Crippen molar-refractivity contribution in [3.8, 4) is 0 Å². The lowest BCUT2D eigenvalue weighted by atomic mass is 9.84. The van der Waals surface area contributed by atoms with Gasteiger partial charge in [0, 0.05) is 13.0 Å². The molecule has 0 saturated carbocycles. The molecule has 0 saturated heterocycles. The summed E-state index contributed by atoms with van der Waals surface area (Å²) in [4.78, 5) is 10.5. The van der Waals surface area contributed by atoms with E-state index in [-0.39, 0.29) is 24.4 Å². The highest BCUT2D eigenvalue weighted by molar-refractivity contribution is 5.66. The molecule has 1 unspecified atom stereocenters. The molecule has 3 N–H and O–H groups in total. The van der Waals surface area contributed by atoms with Crippen LogP contribution in [0, 0.1) is 11.3 Å². The van der Waals surface area contributed by atoms with Gasteiger partial charge >= 0.3 is 5.97 Å². The SMILES string of the molecule is CC(CO)CNCCC(C)(C)CCC(=O)O. The van der Waals surface area contributed by atoms with Crippen molar-refractivity contribution in [3.05, 3.63) is 0 Å². The molecular formula is C12H25NO3. The lowest BCUT2D eigenvalue weighted by Crippen LogP contribution is -2.27. The molecular weight excluding hydrogens is 206 g/mol. The van der Waals surface area contributed by atoms with E-state index in [1.165, 1.54) is 0 Å². The number of carboxylic acid groups (broad SMARTS) is 1. The van der Waals surface area contributed by atoms with E-state index in [4.69, 9.17) is 10.2 Å². The Hall–Kier alpha value is -0.610. The van der Waals surface area contributed by atoms with Crippen LogP contribution < -0.4 is 5.32 Å². The minimum Gasteiger partial charge on any atom is -0.481 e. The van der Waals surface area contributed by atoms with Crippen LogP contribution in [0.3, 0.4) is 0 Å². The molecule has 0 rings (SSSR count). The molecule has 4 nitrogen and oxygen atoms in total. The zero-order valence-electron chi connectivity index (χ0n) is 10.6. The molecule has 0 spiro atoms. The second kappa shape index (κ2) is 7.63. The topological polar surface area (TPSA) is 69.6 Å². The van der Waals surface area contributed by atoms with Gasteiger partial charge in [0.15, 0.2) is 0 Å². The molecule has 16 heavy (non-hydrogen) atoms. The van der Waals surface area contributed by atoms with Gasteiger partial charge in [-0.2, -0.15) is 0 Å². The van der Waals surface area contributed by atoms with Crippen LogP contribution in [0.1, 0.15) is 40.0 Å². The predicted octanol–water partition coefficient (Wildman–Crippen LogP) is 1.49. The number of carboxylic acids is 1. The summed E-state index contributed by atoms with van der Waals surface area (Å²) in [5, 5.41) is 20.7. The van der Waals surface area contributed by atoms with Gasteiger partial charge in [-0.15, -0.1) is 0 Å². The predicted molar refractivity (Wildman–Crippen MR) is 64.4 cm³/mol. The highest BCUT2D eigenvalue weighted by atomic mass is 16.4. The Morgan fingerprint density at radius 1 is 1.38 bits per heavy atom. The van der Waals surface area contributed by atoms with Gasteiger partial charge in [0.25, 0.3) is 0 Å². The fraction of sp³-hybridized carbons (Fsp3) is 0.917. The average Bonchev–Trinajstić information content (AvgIpc) is 2.21. The highest BCUT2D eigenvalue weighted by Gasteiger charge is 2.18. The van der Waals surface area contributed by atoms with Gasteiger partial charge in [-0.1, -0.05) is 20.8 Å². The minimum atomic E-state index is -0.727. The molecule has 0 radical (unpaired) electrons. The number of rotatable bonds is 9. The lowest BCUT2D eigenvalue weighted by Gasteiger charge is -2.24. The second-order valence-electron chi connectivity index (χ2n) is 5.30. The van der Waals surface area contributed by atoms with Crippen LogP contribution in [0.25, 0.3) is 0 Å². The van der Waals surface area contributed by atoms with Crippen LogP contribution in [0.5, 0.6) is 0 Å². The van der Waals surface area contributed by atoms with Gasteiger partial charge in [0.1, 0.15) is 0 Å². The summed E-state index contributed by atoms with van der Waals surface area (Å²) in [5.41, 5.74) is 0.0633. The van der Waals surface area contributed by atoms with Gasteiger partial charge in [0.05, 0.1) is 0 Å². The van der Waals surface area contributed by atoms with Crippen LogP contribution in [0.2, 0.25) is 0 Å². The standard InChI is InChI=1S/C12H25NO3/c1-10(9-14)8-13-7-6-12(2,3)5-4-11(15)16/h10,13-14H,4-9H2,1-3H3,(H,15,16). The number of aliphatic carboxylic acids is 1. The molecule has 0 aromatic rings. The number of nitrogens with one attached hydrogen (secondary N) is 1. The Kier molecular flexibility index (Phi) is 7.34. The third-order valence-corrected chi connectivity index (χ3v) is 2.80. The first-order chi connectivity index (χ1) is 7.37. The summed E-state index contributed by atoms with van der Waals surface area (Å²) in [6.45, 7) is 8.06. The molecule has 0 aromatic heterocycles. The van der Waals surface area contributed by atoms with E-state index in [1.807, 2.05) is 6.92 Å². The van der Waals surface area contributed by atoms with Crippen LogP contribution in [-0.2, 0) is 4.79 Å². The fourth-order valence-corrected chi connectivity index (χ4v) is 1.41. The molecule has 96 valence electrons. The summed E-state index contributed by atoms with van der Waals surface area (Å²) in [6, 6.07) is 0. The van der Waals surface area contributed by atoms with Crippen molar-refractivity contribution < 1.29 is 15.0 Å². The average molecular weight is 231 g/mol. The first-order valence-corrected chi connectivity index (χ1v) is 5.91. The molecule has 4 heteroatoms. The van der Waals surface area contributed by atoms with Crippen molar-refractivity contribution >= 4 is 5.97 Å². The Morgan fingerprint density at radius 3 is 2.50 bits per heavy atom. The van der Waals surface area contributed by atoms with E-state index >= 15 is 0 Å². The first-order valence-electron chi connectivity index (χ1n) is 5.91. The summed E-state index contributed by atoms with van der Waals surface area (Å²) >= 11 is 0. The molecule has 0 bridgehead atoms. The van der Waals surface area contributed by atoms with E-state index in [9.17, 15) is 4.79 Å². The maximum atomic E-state index is 10.5. The largest absolute Gasteiger partial charge is 0.481 e. The maximum Gasteiger partial charge on any atom is 0.303 e. The summed E-state index contributed by atoms with van der Waals surface area (Å²) in [7, 11) is 0. The number of hydrogen-bond donors (Lipinski definition) is 3. The third-order valence-electron chi connectivity index (χ3n) is 2.80. The Balaban J connectivity index is 3.61. The smallest absolute Gasteiger partial charge is 0.303 e. The number of aliphatic hydroxyl groups excluding tert-OH is 1. The molecule has 0 aliphatic heterocycles. The van der Waals surface area contributed by atoms with Crippen LogP contribution in [0.4, 0.5) is 0 Å². The van der Waals surface area contributed by atoms with Crippen molar-refractivity contribution in [2.45, 2.75) is 40.0 Å². The summed E-state index contributed by atoms with van der Waals surface area (Å²) in [6.07, 6.45) is 1.90. The summed E-state index contributed by atoms with van der Waals surface area (Å²) < 4.78 is 0. The van der Waals surface area contributed by atoms with E-state index in [1.54, 1.807) is 0 Å². The molecule has 0 aliphatic rings. The quantitative estimate of drug-likeness (QED) is 0.526. The van der Waals surface area contributed by atoms with Gasteiger partial charge < -0.3 is 15.5 Å². The Bertz CT molecular complexity index is 204. The minimum absolute atomic E-state index is 0.0633. The van der Waals surface area contributed by atoms with Crippen molar-refractivity contribution in [2.24, 2.45) is 11.3 Å². The first kappa shape index (κ1) is 15.4. The van der Waals surface area contributed by atoms with Gasteiger partial charge in [-0.3, -0.25) is 4.79 Å². The molecule has 0 aliphatic carbocycles. The van der Waals surface area contributed by atoms with Crippen LogP contribution in [-0.4, -0.2) is 35.9 Å². The van der Waals surface area contributed by atoms with Crippen molar-refractivity contribution in [1.82, 2.24) is 5.32 Å². The van der Waals surface area contributed by atoms with Gasteiger partial charge in [0.2, 0.25) is 0 Å². The van der Waals surface area contributed by atoms with Gasteiger partial charge in [-0.05, 0) is 37.3 Å². The third kappa shape index (κ3) is 8.68. The van der Waals surface area contributed by atoms with Crippen molar-refractivity contribution in [1.29, 1.82) is 0 Å². The number of aliphatic hydroxyl groups is 1. The van der Waals surface area contributed by atoms with Crippen LogP contribution >= 0.6 is 0 Å². The summed E-state index contributed by atoms with van der Waals surface area (Å²) in [5.74, 6) is -0.447. The van der Waals surface area contributed by atoms with Crippen LogP contribution in [0.15, 0.2) is 0 Å². The van der Waals surface area contributed by atoms with E-state index < -0.39 is 5.97 Å². The van der Waals surface area contributed by atoms with Crippen molar-refractivity contribution in [3.63, 3.8) is 0 Å². The Morgan fingerprint density at radius 2 is 2.00 bits per heavy atom. The fourth-order valence-electron chi connectivity index (χ4n) is 1.41. The number of hydrogen-bond acceptors (Lipinski definition) is 3. The van der Waals surface area contributed by atoms with E-state index in [0.29, 0.717) is 6.42 Å². The van der Waals surface area contributed by atoms with E-state index in [2.05, 4.69) is 19.2 Å². The zero-order valence-corrected chi connectivity index (χ0v) is 10.6.